The molecule has 0 radical (unpaired) electrons. The Morgan fingerprint density at radius 3 is 2.46 bits per heavy atom. The molecular formula is C26H27F2N7O2. The fraction of sp³-hybridized carbons (Fsp3) is 0.346. The smallest absolute Gasteiger partial charge is 0.410 e. The molecule has 1 aliphatic heterocycles. The number of fused-ring (bicyclic) bond motifs is 1. The van der Waals surface area contributed by atoms with Gasteiger partial charge in [-0.15, -0.1) is 0 Å². The molecule has 9 nitrogen and oxygen atoms in total. The van der Waals surface area contributed by atoms with Crippen LogP contribution in [0.15, 0.2) is 43.1 Å². The number of hydrogen-bond donors (Lipinski definition) is 0. The van der Waals surface area contributed by atoms with Gasteiger partial charge in [-0.1, -0.05) is 0 Å². The number of ether oxygens (including phenoxy) is 1. The van der Waals surface area contributed by atoms with Crippen molar-refractivity contribution in [1.82, 2.24) is 29.4 Å². The highest BCUT2D eigenvalue weighted by Crippen LogP contribution is 2.38. The number of nitrogens with zero attached hydrogens (tertiary/aromatic N) is 7. The Balaban J connectivity index is 1.64. The van der Waals surface area contributed by atoms with Crippen LogP contribution in [0.1, 0.15) is 26.5 Å². The van der Waals surface area contributed by atoms with E-state index in [2.05, 4.69) is 24.8 Å². The SMILES string of the molecule is Cc1nccnc1-c1cn(-c2cc(F)cc(F)c2)c2ncnc(N3CCN(C(=O)OC(C)C)C[C@@H]3C)c12. The molecule has 192 valence electrons. The zero-order valence-corrected chi connectivity index (χ0v) is 21.0. The maximum absolute atomic E-state index is 14.2. The van der Waals surface area contributed by atoms with Gasteiger partial charge in [-0.2, -0.15) is 0 Å². The maximum atomic E-state index is 14.2. The zero-order chi connectivity index (χ0) is 26.3. The van der Waals surface area contributed by atoms with Crippen LogP contribution in [0.5, 0.6) is 0 Å². The van der Waals surface area contributed by atoms with Crippen molar-refractivity contribution in [1.29, 1.82) is 0 Å². The van der Waals surface area contributed by atoms with Crippen molar-refractivity contribution in [2.45, 2.75) is 39.8 Å². The largest absolute Gasteiger partial charge is 0.447 e. The van der Waals surface area contributed by atoms with Gasteiger partial charge in [-0.3, -0.25) is 9.97 Å². The van der Waals surface area contributed by atoms with Crippen molar-refractivity contribution in [2.75, 3.05) is 24.5 Å². The molecule has 5 rings (SSSR count). The quantitative estimate of drug-likeness (QED) is 0.401. The minimum atomic E-state index is -0.693. The molecule has 1 aliphatic rings. The second kappa shape index (κ2) is 9.72. The summed E-state index contributed by atoms with van der Waals surface area (Å²) in [6.07, 6.45) is 5.85. The summed E-state index contributed by atoms with van der Waals surface area (Å²) >= 11 is 0. The summed E-state index contributed by atoms with van der Waals surface area (Å²) < 4.78 is 35.3. The number of amides is 1. The Bertz CT molecular complexity index is 1450. The van der Waals surface area contributed by atoms with Crippen molar-refractivity contribution in [3.8, 4) is 16.9 Å². The second-order valence-corrected chi connectivity index (χ2v) is 9.35. The molecule has 0 saturated carbocycles. The van der Waals surface area contributed by atoms with E-state index in [-0.39, 0.29) is 23.9 Å². The minimum Gasteiger partial charge on any atom is -0.447 e. The first-order chi connectivity index (χ1) is 17.7. The van der Waals surface area contributed by atoms with Gasteiger partial charge in [-0.25, -0.2) is 23.5 Å². The summed E-state index contributed by atoms with van der Waals surface area (Å²) in [7, 11) is 0. The molecule has 1 aromatic carbocycles. The number of carbonyl (C=O) groups is 1. The van der Waals surface area contributed by atoms with E-state index in [1.54, 1.807) is 28.1 Å². The molecular weight excluding hydrogens is 480 g/mol. The van der Waals surface area contributed by atoms with E-state index in [0.29, 0.717) is 53.4 Å². The lowest BCUT2D eigenvalue weighted by molar-refractivity contribution is 0.0715. The van der Waals surface area contributed by atoms with Gasteiger partial charge in [0.25, 0.3) is 0 Å². The third-order valence-electron chi connectivity index (χ3n) is 6.32. The molecule has 1 saturated heterocycles. The third-order valence-corrected chi connectivity index (χ3v) is 6.32. The number of hydrogen-bond acceptors (Lipinski definition) is 7. The van der Waals surface area contributed by atoms with Gasteiger partial charge < -0.3 is 19.1 Å². The van der Waals surface area contributed by atoms with Crippen LogP contribution in [0.3, 0.4) is 0 Å². The van der Waals surface area contributed by atoms with Crippen LogP contribution in [0.2, 0.25) is 0 Å². The van der Waals surface area contributed by atoms with Crippen LogP contribution in [-0.4, -0.2) is 67.3 Å². The van der Waals surface area contributed by atoms with Crippen molar-refractivity contribution in [3.05, 3.63) is 60.4 Å². The summed E-state index contributed by atoms with van der Waals surface area (Å²) in [6.45, 7) is 8.91. The fourth-order valence-corrected chi connectivity index (χ4v) is 4.70. The summed E-state index contributed by atoms with van der Waals surface area (Å²) in [5, 5.41) is 0.681. The van der Waals surface area contributed by atoms with Gasteiger partial charge in [0.15, 0.2) is 5.65 Å². The van der Waals surface area contributed by atoms with Crippen LogP contribution >= 0.6 is 0 Å². The first-order valence-electron chi connectivity index (χ1n) is 12.1. The third kappa shape index (κ3) is 4.68. The molecule has 0 spiro atoms. The minimum absolute atomic E-state index is 0.0858. The molecule has 11 heteroatoms. The molecule has 1 fully saturated rings. The van der Waals surface area contributed by atoms with E-state index in [9.17, 15) is 13.6 Å². The molecule has 1 amide bonds. The standard InChI is InChI=1S/C26H27F2N7O2/c1-15(2)37-26(36)33-7-8-34(16(3)12-33)24-22-21(23-17(4)29-5-6-30-23)13-35(25(22)32-14-31-24)20-10-18(27)9-19(28)11-20/h5-6,9-11,13-16H,7-8,12H2,1-4H3/t16-/m0/s1. The Hall–Kier alpha value is -4.15. The van der Waals surface area contributed by atoms with Crippen molar-refractivity contribution < 1.29 is 18.3 Å². The van der Waals surface area contributed by atoms with Crippen molar-refractivity contribution >= 4 is 22.9 Å². The average molecular weight is 508 g/mol. The lowest BCUT2D eigenvalue weighted by atomic mass is 10.1. The lowest BCUT2D eigenvalue weighted by Crippen LogP contribution is -2.54. The van der Waals surface area contributed by atoms with Crippen LogP contribution in [0.25, 0.3) is 28.0 Å². The summed E-state index contributed by atoms with van der Waals surface area (Å²) in [4.78, 5) is 34.3. The van der Waals surface area contributed by atoms with Crippen molar-refractivity contribution in [3.63, 3.8) is 0 Å². The van der Waals surface area contributed by atoms with E-state index in [1.807, 2.05) is 27.7 Å². The number of piperazine rings is 1. The lowest BCUT2D eigenvalue weighted by Gasteiger charge is -2.40. The first kappa shape index (κ1) is 24.5. The first-order valence-corrected chi connectivity index (χ1v) is 12.1. The molecule has 37 heavy (non-hydrogen) atoms. The predicted molar refractivity (Wildman–Crippen MR) is 135 cm³/mol. The van der Waals surface area contributed by atoms with Gasteiger partial charge in [0, 0.05) is 55.9 Å². The highest BCUT2D eigenvalue weighted by Gasteiger charge is 2.31. The maximum Gasteiger partial charge on any atom is 0.410 e. The molecule has 0 N–H and O–H groups in total. The van der Waals surface area contributed by atoms with Gasteiger partial charge in [0.05, 0.1) is 28.6 Å². The number of anilines is 1. The van der Waals surface area contributed by atoms with Gasteiger partial charge in [0.1, 0.15) is 23.8 Å². The molecule has 0 aliphatic carbocycles. The summed E-state index contributed by atoms with van der Waals surface area (Å²) in [5.74, 6) is -0.743. The fourth-order valence-electron chi connectivity index (χ4n) is 4.70. The van der Waals surface area contributed by atoms with Crippen LogP contribution in [0.4, 0.5) is 19.4 Å². The highest BCUT2D eigenvalue weighted by molar-refractivity contribution is 6.02. The van der Waals surface area contributed by atoms with Gasteiger partial charge in [0.2, 0.25) is 0 Å². The Labute approximate surface area is 212 Å². The Morgan fingerprint density at radius 1 is 1.05 bits per heavy atom. The normalized spacial score (nSPS) is 16.0. The van der Waals surface area contributed by atoms with Crippen molar-refractivity contribution in [2.24, 2.45) is 0 Å². The molecule has 0 unspecified atom stereocenters. The molecule has 0 bridgehead atoms. The highest BCUT2D eigenvalue weighted by atomic mass is 19.1. The Morgan fingerprint density at radius 2 is 1.78 bits per heavy atom. The van der Waals surface area contributed by atoms with E-state index in [0.717, 1.165) is 6.07 Å². The summed E-state index contributed by atoms with van der Waals surface area (Å²) in [6, 6.07) is 3.24. The number of aryl methyl sites for hydroxylation is 1. The number of carbonyl (C=O) groups excluding carboxylic acids is 1. The van der Waals surface area contributed by atoms with E-state index < -0.39 is 11.6 Å². The van der Waals surface area contributed by atoms with E-state index in [1.165, 1.54) is 18.5 Å². The monoisotopic (exact) mass is 507 g/mol. The number of aromatic nitrogens is 5. The predicted octanol–water partition coefficient (Wildman–Crippen LogP) is 4.52. The van der Waals surface area contributed by atoms with E-state index in [4.69, 9.17) is 4.74 Å². The van der Waals surface area contributed by atoms with Gasteiger partial charge in [-0.05, 0) is 39.8 Å². The number of halogens is 2. The molecule has 4 aromatic rings. The topological polar surface area (TPSA) is 89.3 Å². The second-order valence-electron chi connectivity index (χ2n) is 9.35. The molecule has 1 atom stereocenters. The number of rotatable bonds is 4. The number of benzene rings is 1. The molecule has 3 aromatic heterocycles. The summed E-state index contributed by atoms with van der Waals surface area (Å²) in [5.41, 5.74) is 2.76. The molecule has 4 heterocycles. The van der Waals surface area contributed by atoms with Crippen LogP contribution in [0, 0.1) is 18.6 Å². The van der Waals surface area contributed by atoms with Gasteiger partial charge >= 0.3 is 6.09 Å². The average Bonchev–Trinajstić information content (AvgIpc) is 3.23. The van der Waals surface area contributed by atoms with E-state index >= 15 is 0 Å². The Kier molecular flexibility index (Phi) is 6.45. The van der Waals surface area contributed by atoms with Crippen LogP contribution < -0.4 is 4.90 Å². The zero-order valence-electron chi connectivity index (χ0n) is 21.0. The van der Waals surface area contributed by atoms with Crippen LogP contribution in [-0.2, 0) is 4.74 Å².